The van der Waals surface area contributed by atoms with Crippen molar-refractivity contribution in [3.8, 4) is 0 Å². The van der Waals surface area contributed by atoms with Gasteiger partial charge >= 0.3 is 0 Å². The monoisotopic (exact) mass is 225 g/mol. The Labute approximate surface area is 96.8 Å². The van der Waals surface area contributed by atoms with Gasteiger partial charge in [-0.3, -0.25) is 0 Å². The normalized spacial score (nSPS) is 12.7. The highest BCUT2D eigenvalue weighted by Crippen LogP contribution is 2.17. The number of ether oxygens (including phenoxy) is 1. The van der Waals surface area contributed by atoms with Gasteiger partial charge in [0.2, 0.25) is 0 Å². The van der Waals surface area contributed by atoms with E-state index in [9.17, 15) is 4.39 Å². The molecule has 16 heavy (non-hydrogen) atoms. The third-order valence-electron chi connectivity index (χ3n) is 2.34. The summed E-state index contributed by atoms with van der Waals surface area (Å²) in [6, 6.07) is 6.60. The van der Waals surface area contributed by atoms with Gasteiger partial charge in [0, 0.05) is 13.2 Å². The molecule has 0 aromatic heterocycles. The second-order valence-corrected chi connectivity index (χ2v) is 3.70. The van der Waals surface area contributed by atoms with E-state index in [-0.39, 0.29) is 11.9 Å². The van der Waals surface area contributed by atoms with E-state index >= 15 is 0 Å². The highest BCUT2D eigenvalue weighted by Gasteiger charge is 2.11. The Morgan fingerprint density at radius 2 is 2.19 bits per heavy atom. The van der Waals surface area contributed by atoms with Gasteiger partial charge in [0.25, 0.3) is 0 Å². The Morgan fingerprint density at radius 3 is 2.81 bits per heavy atom. The van der Waals surface area contributed by atoms with Crippen LogP contribution in [0.3, 0.4) is 0 Å². The molecule has 0 saturated heterocycles. The Morgan fingerprint density at radius 1 is 1.38 bits per heavy atom. The summed E-state index contributed by atoms with van der Waals surface area (Å²) in [6.45, 7) is 6.38. The second-order valence-electron chi connectivity index (χ2n) is 3.70. The molecule has 1 unspecified atom stereocenters. The van der Waals surface area contributed by atoms with Gasteiger partial charge in [-0.15, -0.1) is 0 Å². The number of rotatable bonds is 7. The lowest BCUT2D eigenvalue weighted by atomic mass is 10.1. The molecule has 3 heteroatoms. The maximum Gasteiger partial charge on any atom is 0.123 e. The average molecular weight is 225 g/mol. The Hall–Kier alpha value is -0.930. The van der Waals surface area contributed by atoms with E-state index < -0.39 is 0 Å². The van der Waals surface area contributed by atoms with Crippen LogP contribution in [0, 0.1) is 5.82 Å². The molecule has 0 heterocycles. The molecule has 1 rings (SSSR count). The maximum absolute atomic E-state index is 13.1. The zero-order valence-corrected chi connectivity index (χ0v) is 10.0. The summed E-state index contributed by atoms with van der Waals surface area (Å²) in [4.78, 5) is 0. The zero-order valence-electron chi connectivity index (χ0n) is 10.0. The van der Waals surface area contributed by atoms with Crippen LogP contribution in [-0.4, -0.2) is 19.7 Å². The molecule has 0 radical (unpaired) electrons. The first-order valence-corrected chi connectivity index (χ1v) is 5.85. The molecule has 0 aliphatic rings. The molecule has 1 atom stereocenters. The van der Waals surface area contributed by atoms with Crippen LogP contribution in [-0.2, 0) is 4.74 Å². The first-order chi connectivity index (χ1) is 7.77. The highest BCUT2D eigenvalue weighted by molar-refractivity contribution is 5.19. The van der Waals surface area contributed by atoms with E-state index in [4.69, 9.17) is 4.74 Å². The van der Waals surface area contributed by atoms with Crippen molar-refractivity contribution in [3.05, 3.63) is 35.6 Å². The summed E-state index contributed by atoms with van der Waals surface area (Å²) in [5, 5.41) is 3.29. The summed E-state index contributed by atoms with van der Waals surface area (Å²) >= 11 is 0. The lowest BCUT2D eigenvalue weighted by molar-refractivity contribution is 0.0623. The van der Waals surface area contributed by atoms with Gasteiger partial charge < -0.3 is 10.1 Å². The second kappa shape index (κ2) is 7.36. The molecule has 0 fully saturated rings. The molecule has 1 N–H and O–H groups in total. The van der Waals surface area contributed by atoms with Gasteiger partial charge in [-0.05, 0) is 37.6 Å². The molecule has 0 amide bonds. The van der Waals surface area contributed by atoms with E-state index in [1.807, 2.05) is 13.0 Å². The minimum Gasteiger partial charge on any atom is -0.372 e. The van der Waals surface area contributed by atoms with Crippen LogP contribution in [0.1, 0.15) is 31.9 Å². The lowest BCUT2D eigenvalue weighted by Gasteiger charge is -2.18. The van der Waals surface area contributed by atoms with Crippen molar-refractivity contribution in [2.75, 3.05) is 19.7 Å². The Balaban J connectivity index is 2.61. The molecule has 90 valence electrons. The summed E-state index contributed by atoms with van der Waals surface area (Å²) in [7, 11) is 0. The average Bonchev–Trinajstić information content (AvgIpc) is 2.28. The van der Waals surface area contributed by atoms with Crippen LogP contribution in [0.2, 0.25) is 0 Å². The first kappa shape index (κ1) is 13.1. The third-order valence-corrected chi connectivity index (χ3v) is 2.34. The van der Waals surface area contributed by atoms with Crippen molar-refractivity contribution in [1.29, 1.82) is 0 Å². The lowest BCUT2D eigenvalue weighted by Crippen LogP contribution is -2.24. The van der Waals surface area contributed by atoms with Gasteiger partial charge in [0.15, 0.2) is 0 Å². The predicted octanol–water partition coefficient (Wildman–Crippen LogP) is 2.90. The number of halogens is 1. The Kier molecular flexibility index (Phi) is 6.04. The third kappa shape index (κ3) is 4.29. The topological polar surface area (TPSA) is 21.3 Å². The smallest absolute Gasteiger partial charge is 0.123 e. The molecule has 1 aromatic rings. The fourth-order valence-corrected chi connectivity index (χ4v) is 1.59. The highest BCUT2D eigenvalue weighted by atomic mass is 19.1. The molecule has 0 bridgehead atoms. The van der Waals surface area contributed by atoms with Gasteiger partial charge in [-0.1, -0.05) is 19.1 Å². The molecule has 0 spiro atoms. The van der Waals surface area contributed by atoms with E-state index in [0.717, 1.165) is 25.1 Å². The van der Waals surface area contributed by atoms with Crippen molar-refractivity contribution in [3.63, 3.8) is 0 Å². The SMILES string of the molecule is CCCNCC(OCC)c1cccc(F)c1. The van der Waals surface area contributed by atoms with E-state index in [2.05, 4.69) is 12.2 Å². The van der Waals surface area contributed by atoms with Crippen molar-refractivity contribution in [2.24, 2.45) is 0 Å². The van der Waals surface area contributed by atoms with E-state index in [1.165, 1.54) is 12.1 Å². The minimum absolute atomic E-state index is 0.0627. The van der Waals surface area contributed by atoms with E-state index in [0.29, 0.717) is 6.61 Å². The molecule has 0 aliphatic carbocycles. The largest absolute Gasteiger partial charge is 0.372 e. The summed E-state index contributed by atoms with van der Waals surface area (Å²) in [6.07, 6.45) is 1.02. The van der Waals surface area contributed by atoms with Gasteiger partial charge in [0.05, 0.1) is 6.10 Å². The number of benzene rings is 1. The summed E-state index contributed by atoms with van der Waals surface area (Å²) < 4.78 is 18.7. The molecule has 0 aliphatic heterocycles. The van der Waals surface area contributed by atoms with Crippen molar-refractivity contribution in [2.45, 2.75) is 26.4 Å². The molecule has 2 nitrogen and oxygen atoms in total. The molecular weight excluding hydrogens is 205 g/mol. The fraction of sp³-hybridized carbons (Fsp3) is 0.538. The molecule has 1 aromatic carbocycles. The van der Waals surface area contributed by atoms with Crippen molar-refractivity contribution in [1.82, 2.24) is 5.32 Å². The van der Waals surface area contributed by atoms with E-state index in [1.54, 1.807) is 6.07 Å². The number of nitrogens with one attached hydrogen (secondary N) is 1. The minimum atomic E-state index is -0.210. The summed E-state index contributed by atoms with van der Waals surface area (Å²) in [5.41, 5.74) is 0.894. The maximum atomic E-state index is 13.1. The van der Waals surface area contributed by atoms with Crippen LogP contribution in [0.15, 0.2) is 24.3 Å². The van der Waals surface area contributed by atoms with Gasteiger partial charge in [-0.25, -0.2) is 4.39 Å². The van der Waals surface area contributed by atoms with Crippen LogP contribution < -0.4 is 5.32 Å². The van der Waals surface area contributed by atoms with Crippen molar-refractivity contribution < 1.29 is 9.13 Å². The Bertz CT molecular complexity index is 304. The quantitative estimate of drug-likeness (QED) is 0.720. The fourth-order valence-electron chi connectivity index (χ4n) is 1.59. The van der Waals surface area contributed by atoms with Crippen LogP contribution >= 0.6 is 0 Å². The number of hydrogen-bond donors (Lipinski definition) is 1. The number of hydrogen-bond acceptors (Lipinski definition) is 2. The predicted molar refractivity (Wildman–Crippen MR) is 63.9 cm³/mol. The van der Waals surface area contributed by atoms with Gasteiger partial charge in [-0.2, -0.15) is 0 Å². The summed E-state index contributed by atoms with van der Waals surface area (Å²) in [5.74, 6) is -0.210. The standard InChI is InChI=1S/C13H20FNO/c1-3-8-15-10-13(16-4-2)11-6-5-7-12(14)9-11/h5-7,9,13,15H,3-4,8,10H2,1-2H3. The first-order valence-electron chi connectivity index (χ1n) is 5.85. The van der Waals surface area contributed by atoms with Crippen LogP contribution in [0.5, 0.6) is 0 Å². The van der Waals surface area contributed by atoms with Crippen LogP contribution in [0.4, 0.5) is 4.39 Å². The zero-order chi connectivity index (χ0) is 11.8. The van der Waals surface area contributed by atoms with Crippen molar-refractivity contribution >= 4 is 0 Å². The molecular formula is C13H20FNO. The van der Waals surface area contributed by atoms with Crippen LogP contribution in [0.25, 0.3) is 0 Å². The van der Waals surface area contributed by atoms with Gasteiger partial charge in [0.1, 0.15) is 5.82 Å². The molecule has 0 saturated carbocycles.